The number of halogens is 2. The molecule has 1 aliphatic carbocycles. The number of carbonyl (C=O) groups is 2. The van der Waals surface area contributed by atoms with E-state index in [0.717, 1.165) is 36.2 Å². The maximum absolute atomic E-state index is 13.5. The fraction of sp³-hybridized carbons (Fsp3) is 0.417. The summed E-state index contributed by atoms with van der Waals surface area (Å²) >= 11 is 9.68. The summed E-state index contributed by atoms with van der Waals surface area (Å²) in [4.78, 5) is 28.0. The average Bonchev–Trinajstić information content (AvgIpc) is 3.28. The summed E-state index contributed by atoms with van der Waals surface area (Å²) in [5.41, 5.74) is 1.03. The van der Waals surface area contributed by atoms with Gasteiger partial charge in [-0.2, -0.15) is 0 Å². The molecule has 0 spiro atoms. The Kier molecular flexibility index (Phi) is 9.01. The average molecular weight is 571 g/mol. The van der Waals surface area contributed by atoms with Crippen molar-refractivity contribution in [2.45, 2.75) is 51.2 Å². The Morgan fingerprint density at radius 2 is 1.82 bits per heavy atom. The minimum absolute atomic E-state index is 0.0772. The van der Waals surface area contributed by atoms with Crippen LogP contribution in [0, 0.1) is 0 Å². The van der Waals surface area contributed by atoms with Gasteiger partial charge in [0.05, 0.1) is 11.9 Å². The van der Waals surface area contributed by atoms with E-state index in [2.05, 4.69) is 21.2 Å². The summed E-state index contributed by atoms with van der Waals surface area (Å²) in [6.45, 7) is 1.29. The Labute approximate surface area is 214 Å². The number of anilines is 1. The maximum Gasteiger partial charge on any atom is 0.244 e. The zero-order valence-corrected chi connectivity index (χ0v) is 22.4. The monoisotopic (exact) mass is 569 g/mol. The third-order valence-electron chi connectivity index (χ3n) is 5.94. The quantitative estimate of drug-likeness (QED) is 0.486. The Bertz CT molecular complexity index is 1140. The van der Waals surface area contributed by atoms with E-state index < -0.39 is 28.5 Å². The third-order valence-corrected chi connectivity index (χ3v) is 7.95. The minimum Gasteiger partial charge on any atom is -0.352 e. The number of amides is 2. The van der Waals surface area contributed by atoms with Crippen molar-refractivity contribution in [2.75, 3.05) is 17.1 Å². The van der Waals surface area contributed by atoms with Gasteiger partial charge in [-0.05, 0) is 49.6 Å². The van der Waals surface area contributed by atoms with Gasteiger partial charge in [-0.3, -0.25) is 13.9 Å². The molecule has 1 fully saturated rings. The second-order valence-electron chi connectivity index (χ2n) is 8.53. The lowest BCUT2D eigenvalue weighted by Gasteiger charge is -2.32. The van der Waals surface area contributed by atoms with Crippen LogP contribution >= 0.6 is 27.5 Å². The van der Waals surface area contributed by atoms with Crippen LogP contribution in [0.2, 0.25) is 5.02 Å². The Balaban J connectivity index is 1.89. The molecule has 0 unspecified atom stereocenters. The summed E-state index contributed by atoms with van der Waals surface area (Å²) in [5, 5.41) is 3.50. The number of carbonyl (C=O) groups excluding carboxylic acids is 2. The van der Waals surface area contributed by atoms with Crippen LogP contribution in [0.1, 0.15) is 38.2 Å². The SMILES string of the molecule is C[C@@H](C(=O)NC1CCCC1)N(Cc1ccccc1Cl)C(=O)CN(c1cccc(Br)c1)S(C)(=O)=O. The van der Waals surface area contributed by atoms with Gasteiger partial charge in [-0.15, -0.1) is 0 Å². The molecule has 1 N–H and O–H groups in total. The molecule has 3 rings (SSSR count). The molecule has 34 heavy (non-hydrogen) atoms. The van der Waals surface area contributed by atoms with Crippen molar-refractivity contribution in [3.8, 4) is 0 Å². The van der Waals surface area contributed by atoms with Gasteiger partial charge in [0.25, 0.3) is 0 Å². The van der Waals surface area contributed by atoms with Crippen molar-refractivity contribution >= 4 is 55.1 Å². The molecule has 0 radical (unpaired) electrons. The Morgan fingerprint density at radius 1 is 1.15 bits per heavy atom. The molecule has 2 aromatic carbocycles. The van der Waals surface area contributed by atoms with Crippen LogP contribution < -0.4 is 9.62 Å². The van der Waals surface area contributed by atoms with E-state index in [4.69, 9.17) is 11.6 Å². The van der Waals surface area contributed by atoms with E-state index in [1.807, 2.05) is 0 Å². The minimum atomic E-state index is -3.77. The normalized spacial score (nSPS) is 15.1. The molecule has 0 saturated heterocycles. The van der Waals surface area contributed by atoms with Crippen LogP contribution in [0.3, 0.4) is 0 Å². The van der Waals surface area contributed by atoms with E-state index in [9.17, 15) is 18.0 Å². The molecule has 184 valence electrons. The van der Waals surface area contributed by atoms with Crippen LogP contribution in [0.15, 0.2) is 53.0 Å². The van der Waals surface area contributed by atoms with Gasteiger partial charge < -0.3 is 10.2 Å². The molecule has 2 aromatic rings. The lowest BCUT2D eigenvalue weighted by Crippen LogP contribution is -2.52. The first kappa shape index (κ1) is 26.5. The predicted molar refractivity (Wildman–Crippen MR) is 138 cm³/mol. The van der Waals surface area contributed by atoms with Crippen molar-refractivity contribution in [3.05, 3.63) is 63.6 Å². The third kappa shape index (κ3) is 6.96. The summed E-state index contributed by atoms with van der Waals surface area (Å²) < 4.78 is 26.9. The van der Waals surface area contributed by atoms with E-state index in [0.29, 0.717) is 20.7 Å². The molecular formula is C24H29BrClN3O4S. The van der Waals surface area contributed by atoms with Crippen LogP contribution in [-0.2, 0) is 26.2 Å². The number of rotatable bonds is 9. The molecule has 2 amide bonds. The van der Waals surface area contributed by atoms with Crippen LogP contribution in [0.5, 0.6) is 0 Å². The van der Waals surface area contributed by atoms with Crippen LogP contribution in [-0.4, -0.2) is 50.0 Å². The van der Waals surface area contributed by atoms with Gasteiger partial charge in [0.1, 0.15) is 12.6 Å². The standard InChI is InChI=1S/C24H29BrClN3O4S/c1-17(24(31)27-20-10-4-5-11-20)28(15-18-8-3-6-13-22(18)26)23(30)16-29(34(2,32)33)21-12-7-9-19(25)14-21/h3,6-9,12-14,17,20H,4-5,10-11,15-16H2,1-2H3,(H,27,31)/t17-/m0/s1. The number of hydrogen-bond donors (Lipinski definition) is 1. The van der Waals surface area contributed by atoms with Crippen LogP contribution in [0.25, 0.3) is 0 Å². The highest BCUT2D eigenvalue weighted by Crippen LogP contribution is 2.24. The van der Waals surface area contributed by atoms with E-state index in [1.54, 1.807) is 55.5 Å². The van der Waals surface area contributed by atoms with Gasteiger partial charge in [0.2, 0.25) is 21.8 Å². The fourth-order valence-electron chi connectivity index (χ4n) is 4.03. The summed E-state index contributed by atoms with van der Waals surface area (Å²) in [5.74, 6) is -0.764. The largest absolute Gasteiger partial charge is 0.352 e. The van der Waals surface area contributed by atoms with Crippen molar-refractivity contribution in [3.63, 3.8) is 0 Å². The molecule has 1 saturated carbocycles. The van der Waals surface area contributed by atoms with Crippen molar-refractivity contribution in [1.29, 1.82) is 0 Å². The molecule has 0 heterocycles. The highest BCUT2D eigenvalue weighted by atomic mass is 79.9. The number of hydrogen-bond acceptors (Lipinski definition) is 4. The smallest absolute Gasteiger partial charge is 0.244 e. The highest BCUT2D eigenvalue weighted by molar-refractivity contribution is 9.10. The van der Waals surface area contributed by atoms with Gasteiger partial charge in [-0.1, -0.05) is 64.6 Å². The lowest BCUT2D eigenvalue weighted by molar-refractivity contribution is -0.139. The lowest BCUT2D eigenvalue weighted by atomic mass is 10.1. The number of benzene rings is 2. The Morgan fingerprint density at radius 3 is 2.44 bits per heavy atom. The summed E-state index contributed by atoms with van der Waals surface area (Å²) in [7, 11) is -3.77. The van der Waals surface area contributed by atoms with Crippen molar-refractivity contribution < 1.29 is 18.0 Å². The van der Waals surface area contributed by atoms with Gasteiger partial charge in [-0.25, -0.2) is 8.42 Å². The van der Waals surface area contributed by atoms with E-state index >= 15 is 0 Å². The summed E-state index contributed by atoms with van der Waals surface area (Å²) in [6.07, 6.45) is 5.02. The molecule has 0 aromatic heterocycles. The van der Waals surface area contributed by atoms with Crippen molar-refractivity contribution in [2.24, 2.45) is 0 Å². The molecule has 7 nitrogen and oxygen atoms in total. The first-order chi connectivity index (χ1) is 16.1. The molecule has 0 aliphatic heterocycles. The topological polar surface area (TPSA) is 86.8 Å². The summed E-state index contributed by atoms with van der Waals surface area (Å²) in [6, 6.07) is 13.1. The van der Waals surface area contributed by atoms with Crippen molar-refractivity contribution in [1.82, 2.24) is 10.2 Å². The molecular weight excluding hydrogens is 542 g/mol. The first-order valence-electron chi connectivity index (χ1n) is 11.1. The van der Waals surface area contributed by atoms with Gasteiger partial charge in [0, 0.05) is 22.1 Å². The molecule has 0 bridgehead atoms. The first-order valence-corrected chi connectivity index (χ1v) is 14.1. The zero-order valence-electron chi connectivity index (χ0n) is 19.2. The predicted octanol–water partition coefficient (Wildman–Crippen LogP) is 4.34. The number of nitrogens with one attached hydrogen (secondary N) is 1. The van der Waals surface area contributed by atoms with Gasteiger partial charge >= 0.3 is 0 Å². The number of sulfonamides is 1. The second-order valence-corrected chi connectivity index (χ2v) is 11.8. The number of nitrogens with zero attached hydrogens (tertiary/aromatic N) is 2. The van der Waals surface area contributed by atoms with Gasteiger partial charge in [0.15, 0.2) is 0 Å². The Hall–Kier alpha value is -2.10. The van der Waals surface area contributed by atoms with E-state index in [1.165, 1.54) is 4.90 Å². The van der Waals surface area contributed by atoms with Crippen LogP contribution in [0.4, 0.5) is 5.69 Å². The fourth-order valence-corrected chi connectivity index (χ4v) is 5.45. The molecule has 1 aliphatic rings. The van der Waals surface area contributed by atoms with E-state index in [-0.39, 0.29) is 18.5 Å². The molecule has 10 heteroatoms. The second kappa shape index (κ2) is 11.6. The highest BCUT2D eigenvalue weighted by Gasteiger charge is 2.31. The zero-order chi connectivity index (χ0) is 24.9. The molecule has 1 atom stereocenters. The maximum atomic E-state index is 13.5.